The second kappa shape index (κ2) is 6.47. The molecule has 1 fully saturated rings. The topological polar surface area (TPSA) is 107 Å². The van der Waals surface area contributed by atoms with E-state index in [1.807, 2.05) is 0 Å². The highest BCUT2D eigenvalue weighted by Crippen LogP contribution is 2.35. The Kier molecular flexibility index (Phi) is 5.55. The Morgan fingerprint density at radius 3 is 2.41 bits per heavy atom. The Hall–Kier alpha value is -0.460. The predicted octanol–water partition coefficient (Wildman–Crippen LogP) is 0.297. The molecule has 0 aromatic carbocycles. The molecule has 7 nitrogen and oxygen atoms in total. The summed E-state index contributed by atoms with van der Waals surface area (Å²) in [5.74, 6) is -0.531. The number of carbonyl (C=O) groups is 1. The zero-order valence-electron chi connectivity index (χ0n) is 9.45. The lowest BCUT2D eigenvalue weighted by Crippen LogP contribution is -2.42. The minimum atomic E-state index is -4.64. The van der Waals surface area contributed by atoms with Crippen LogP contribution in [0.5, 0.6) is 0 Å². The standard InChI is InChI=1S/C9H17NO6P/c11-6-5-10(8-3-1-2-4-8)9(12)7-16-17(13,14)15/h8H,1-7H2,(H2,13,14,15). The van der Waals surface area contributed by atoms with Crippen LogP contribution < -0.4 is 0 Å². The van der Waals surface area contributed by atoms with Crippen LogP contribution >= 0.6 is 7.82 Å². The van der Waals surface area contributed by atoms with Crippen LogP contribution in [0.2, 0.25) is 0 Å². The molecule has 0 saturated heterocycles. The molecule has 0 aromatic heterocycles. The number of phosphoric acid groups is 1. The van der Waals surface area contributed by atoms with E-state index in [4.69, 9.17) is 9.79 Å². The van der Waals surface area contributed by atoms with Gasteiger partial charge >= 0.3 is 7.82 Å². The van der Waals surface area contributed by atoms with E-state index < -0.39 is 26.9 Å². The molecule has 0 heterocycles. The monoisotopic (exact) mass is 266 g/mol. The summed E-state index contributed by atoms with van der Waals surface area (Å²) in [5, 5.41) is 10.6. The van der Waals surface area contributed by atoms with Crippen LogP contribution in [-0.2, 0) is 19.0 Å². The summed E-state index contributed by atoms with van der Waals surface area (Å²) in [7, 11) is -4.64. The molecule has 1 amide bonds. The van der Waals surface area contributed by atoms with Gasteiger partial charge in [-0.15, -0.1) is 0 Å². The molecule has 1 aliphatic rings. The van der Waals surface area contributed by atoms with E-state index in [0.717, 1.165) is 25.7 Å². The Labute approximate surface area is 99.6 Å². The van der Waals surface area contributed by atoms with Crippen molar-refractivity contribution in [2.75, 3.05) is 19.8 Å². The first-order valence-electron chi connectivity index (χ1n) is 5.51. The van der Waals surface area contributed by atoms with Crippen molar-refractivity contribution in [3.63, 3.8) is 0 Å². The fourth-order valence-electron chi connectivity index (χ4n) is 2.05. The van der Waals surface area contributed by atoms with Gasteiger partial charge in [-0.1, -0.05) is 12.8 Å². The van der Waals surface area contributed by atoms with Crippen molar-refractivity contribution in [3.05, 3.63) is 0 Å². The second-order valence-electron chi connectivity index (χ2n) is 3.99. The molecule has 1 radical (unpaired) electrons. The fourth-order valence-corrected chi connectivity index (χ4v) is 2.33. The van der Waals surface area contributed by atoms with Gasteiger partial charge in [0.05, 0.1) is 6.61 Å². The number of rotatable bonds is 6. The number of amides is 1. The van der Waals surface area contributed by atoms with Gasteiger partial charge in [0.1, 0.15) is 6.61 Å². The first-order valence-corrected chi connectivity index (χ1v) is 7.05. The Morgan fingerprint density at radius 1 is 1.35 bits per heavy atom. The van der Waals surface area contributed by atoms with E-state index in [0.29, 0.717) is 0 Å². The van der Waals surface area contributed by atoms with Crippen LogP contribution in [0.15, 0.2) is 0 Å². The second-order valence-corrected chi connectivity index (χ2v) is 5.23. The molecule has 0 aromatic rings. The van der Waals surface area contributed by atoms with E-state index in [2.05, 4.69) is 4.52 Å². The lowest BCUT2D eigenvalue weighted by atomic mass is 10.2. The normalized spacial score (nSPS) is 17.4. The summed E-state index contributed by atoms with van der Waals surface area (Å²) in [6, 6.07) is 0.0109. The minimum absolute atomic E-state index is 0.0109. The lowest BCUT2D eigenvalue weighted by molar-refractivity contribution is -0.137. The number of carbonyl (C=O) groups excluding carboxylic acids is 1. The Balaban J connectivity index is 2.51. The van der Waals surface area contributed by atoms with Crippen LogP contribution in [0, 0.1) is 0 Å². The predicted molar refractivity (Wildman–Crippen MR) is 57.5 cm³/mol. The maximum Gasteiger partial charge on any atom is 0.470 e. The van der Waals surface area contributed by atoms with E-state index in [1.54, 1.807) is 0 Å². The number of hydrogen-bond acceptors (Lipinski definition) is 3. The summed E-state index contributed by atoms with van der Waals surface area (Å²) in [6.45, 7) is -1.03. The van der Waals surface area contributed by atoms with E-state index >= 15 is 0 Å². The van der Waals surface area contributed by atoms with Crippen molar-refractivity contribution in [2.45, 2.75) is 31.7 Å². The summed E-state index contributed by atoms with van der Waals surface area (Å²) in [4.78, 5) is 30.1. The number of hydrogen-bond donors (Lipinski definition) is 2. The summed E-state index contributed by atoms with van der Waals surface area (Å²) in [6.07, 6.45) is 3.68. The van der Waals surface area contributed by atoms with E-state index in [1.165, 1.54) is 4.90 Å². The molecule has 0 bridgehead atoms. The van der Waals surface area contributed by atoms with Gasteiger partial charge in [-0.2, -0.15) is 0 Å². The summed E-state index contributed by atoms with van der Waals surface area (Å²) in [5.41, 5.74) is 0. The van der Waals surface area contributed by atoms with Gasteiger partial charge in [0.15, 0.2) is 0 Å². The molecule has 0 atom stereocenters. The smallest absolute Gasteiger partial charge is 0.335 e. The van der Waals surface area contributed by atoms with Crippen LogP contribution in [0.3, 0.4) is 0 Å². The van der Waals surface area contributed by atoms with Crippen LogP contribution in [0.1, 0.15) is 25.7 Å². The average molecular weight is 266 g/mol. The van der Waals surface area contributed by atoms with Crippen molar-refractivity contribution in [3.8, 4) is 0 Å². The van der Waals surface area contributed by atoms with Crippen molar-refractivity contribution >= 4 is 13.7 Å². The first-order chi connectivity index (χ1) is 7.94. The third-order valence-corrected chi connectivity index (χ3v) is 3.24. The molecule has 0 aliphatic heterocycles. The molecular weight excluding hydrogens is 249 g/mol. The Bertz CT molecular complexity index is 298. The first kappa shape index (κ1) is 14.6. The van der Waals surface area contributed by atoms with Crippen molar-refractivity contribution < 1.29 is 28.8 Å². The van der Waals surface area contributed by atoms with Crippen LogP contribution in [-0.4, -0.2) is 46.4 Å². The molecule has 8 heteroatoms. The maximum atomic E-state index is 11.7. The summed E-state index contributed by atoms with van der Waals surface area (Å²) < 4.78 is 14.6. The van der Waals surface area contributed by atoms with Crippen molar-refractivity contribution in [1.82, 2.24) is 4.90 Å². The molecule has 99 valence electrons. The highest BCUT2D eigenvalue weighted by molar-refractivity contribution is 7.46. The van der Waals surface area contributed by atoms with Gasteiger partial charge in [0, 0.05) is 12.6 Å². The van der Waals surface area contributed by atoms with Crippen molar-refractivity contribution in [2.24, 2.45) is 0 Å². The lowest BCUT2D eigenvalue weighted by Gasteiger charge is -2.27. The number of phosphoric ester groups is 1. The van der Waals surface area contributed by atoms with Crippen LogP contribution in [0.4, 0.5) is 0 Å². The van der Waals surface area contributed by atoms with E-state index in [9.17, 15) is 14.5 Å². The third kappa shape index (κ3) is 5.14. The SMILES string of the molecule is [O]CCN(C(=O)COP(=O)(O)O)C1CCCC1. The fraction of sp³-hybridized carbons (Fsp3) is 0.889. The van der Waals surface area contributed by atoms with Crippen molar-refractivity contribution in [1.29, 1.82) is 0 Å². The van der Waals surface area contributed by atoms with Crippen LogP contribution in [0.25, 0.3) is 0 Å². The van der Waals surface area contributed by atoms with Gasteiger partial charge in [-0.3, -0.25) is 9.32 Å². The zero-order valence-corrected chi connectivity index (χ0v) is 10.3. The Morgan fingerprint density at radius 2 is 1.94 bits per heavy atom. The molecular formula is C9H17NO6P. The maximum absolute atomic E-state index is 11.7. The number of nitrogens with zero attached hydrogens (tertiary/aromatic N) is 1. The third-order valence-electron chi connectivity index (χ3n) is 2.77. The van der Waals surface area contributed by atoms with Gasteiger partial charge in [-0.05, 0) is 12.8 Å². The largest absolute Gasteiger partial charge is 0.470 e. The molecule has 1 rings (SSSR count). The molecule has 17 heavy (non-hydrogen) atoms. The molecule has 0 spiro atoms. The minimum Gasteiger partial charge on any atom is -0.335 e. The highest BCUT2D eigenvalue weighted by Gasteiger charge is 2.27. The van der Waals surface area contributed by atoms with Gasteiger partial charge < -0.3 is 14.7 Å². The molecule has 0 unspecified atom stereocenters. The van der Waals surface area contributed by atoms with E-state index in [-0.39, 0.29) is 12.6 Å². The molecule has 1 aliphatic carbocycles. The highest BCUT2D eigenvalue weighted by atomic mass is 31.2. The average Bonchev–Trinajstić information content (AvgIpc) is 2.74. The van der Waals surface area contributed by atoms with Gasteiger partial charge in [0.25, 0.3) is 0 Å². The zero-order chi connectivity index (χ0) is 12.9. The molecule has 1 saturated carbocycles. The van der Waals surface area contributed by atoms with Gasteiger partial charge in [-0.25, -0.2) is 9.67 Å². The van der Waals surface area contributed by atoms with Gasteiger partial charge in [0.2, 0.25) is 5.91 Å². The quantitative estimate of drug-likeness (QED) is 0.672. The molecule has 2 N–H and O–H groups in total. The summed E-state index contributed by atoms with van der Waals surface area (Å²) >= 11 is 0.